The third-order valence-corrected chi connectivity index (χ3v) is 5.42. The first-order valence-electron chi connectivity index (χ1n) is 10.5. The van der Waals surface area contributed by atoms with Crippen molar-refractivity contribution in [2.75, 3.05) is 32.7 Å². The van der Waals surface area contributed by atoms with Gasteiger partial charge in [-0.15, -0.1) is 0 Å². The highest BCUT2D eigenvalue weighted by Gasteiger charge is 2.24. The van der Waals surface area contributed by atoms with Crippen LogP contribution in [0.3, 0.4) is 0 Å². The molecule has 168 valence electrons. The molecule has 0 atom stereocenters. The Bertz CT molecular complexity index is 1160. The molecule has 1 aromatic heterocycles. The monoisotopic (exact) mass is 445 g/mol. The van der Waals surface area contributed by atoms with Crippen LogP contribution in [0.5, 0.6) is 0 Å². The van der Waals surface area contributed by atoms with Crippen LogP contribution in [0.15, 0.2) is 66.9 Å². The second-order valence-electron chi connectivity index (χ2n) is 7.55. The Balaban J connectivity index is 1.39. The van der Waals surface area contributed by atoms with E-state index in [0.717, 1.165) is 16.7 Å². The van der Waals surface area contributed by atoms with Crippen LogP contribution in [0.2, 0.25) is 0 Å². The van der Waals surface area contributed by atoms with Crippen molar-refractivity contribution in [1.82, 2.24) is 25.1 Å². The van der Waals surface area contributed by atoms with Crippen molar-refractivity contribution in [3.8, 4) is 22.5 Å². The van der Waals surface area contributed by atoms with Crippen molar-refractivity contribution in [2.24, 2.45) is 0 Å². The Hall–Kier alpha value is -4.27. The average Bonchev–Trinajstić information content (AvgIpc) is 2.87. The summed E-state index contributed by atoms with van der Waals surface area (Å²) in [5.74, 6) is -0.329. The van der Waals surface area contributed by atoms with E-state index in [1.807, 2.05) is 54.6 Å². The molecule has 1 aliphatic rings. The van der Waals surface area contributed by atoms with E-state index < -0.39 is 12.0 Å². The van der Waals surface area contributed by atoms with E-state index in [0.29, 0.717) is 18.9 Å². The molecule has 0 unspecified atom stereocenters. The summed E-state index contributed by atoms with van der Waals surface area (Å²) in [4.78, 5) is 47.4. The minimum atomic E-state index is -0.996. The molecule has 2 heterocycles. The number of piperazine rings is 1. The summed E-state index contributed by atoms with van der Waals surface area (Å²) in [6.45, 7) is 0.931. The van der Waals surface area contributed by atoms with Gasteiger partial charge in [0.15, 0.2) is 5.82 Å². The van der Waals surface area contributed by atoms with Crippen molar-refractivity contribution >= 4 is 17.9 Å². The molecule has 0 bridgehead atoms. The van der Waals surface area contributed by atoms with E-state index in [4.69, 9.17) is 5.11 Å². The number of hydrogen-bond acceptors (Lipinski definition) is 5. The molecular formula is C24H23N5O4. The Morgan fingerprint density at radius 3 is 2.24 bits per heavy atom. The first kappa shape index (κ1) is 21.9. The van der Waals surface area contributed by atoms with Gasteiger partial charge in [0.05, 0.1) is 6.54 Å². The van der Waals surface area contributed by atoms with E-state index in [9.17, 15) is 14.4 Å². The molecule has 3 amide bonds. The normalized spacial score (nSPS) is 13.5. The number of hydrogen-bond donors (Lipinski definition) is 2. The number of nitrogens with one attached hydrogen (secondary N) is 1. The van der Waals surface area contributed by atoms with Crippen LogP contribution in [0, 0.1) is 0 Å². The van der Waals surface area contributed by atoms with E-state index in [2.05, 4.69) is 15.3 Å². The number of carbonyl (C=O) groups is 3. The standard InChI is InChI=1S/C24H23N5O4/c30-21(28-11-13-29(14-12-28)24(32)33)16-26-23(31)20-9-10-25-22(27-20)19-8-4-7-18(15-19)17-5-2-1-3-6-17/h1-10,15H,11-14,16H2,(H,26,31)(H,32,33). The number of carboxylic acid groups (broad SMARTS) is 1. The van der Waals surface area contributed by atoms with Crippen LogP contribution in [0.1, 0.15) is 10.5 Å². The number of benzene rings is 2. The molecule has 1 saturated heterocycles. The smallest absolute Gasteiger partial charge is 0.407 e. The van der Waals surface area contributed by atoms with Gasteiger partial charge in [0.25, 0.3) is 5.91 Å². The third kappa shape index (κ3) is 5.32. The molecule has 1 fully saturated rings. The Kier molecular flexibility index (Phi) is 6.58. The fourth-order valence-corrected chi connectivity index (χ4v) is 3.60. The van der Waals surface area contributed by atoms with Crippen LogP contribution < -0.4 is 5.32 Å². The first-order chi connectivity index (χ1) is 16.0. The number of nitrogens with zero attached hydrogens (tertiary/aromatic N) is 4. The van der Waals surface area contributed by atoms with Gasteiger partial charge in [-0.05, 0) is 23.3 Å². The lowest BCUT2D eigenvalue weighted by atomic mass is 10.0. The number of amides is 3. The van der Waals surface area contributed by atoms with Gasteiger partial charge in [0.1, 0.15) is 5.69 Å². The summed E-state index contributed by atoms with van der Waals surface area (Å²) in [6.07, 6.45) is 0.517. The summed E-state index contributed by atoms with van der Waals surface area (Å²) in [7, 11) is 0. The van der Waals surface area contributed by atoms with E-state index in [-0.39, 0.29) is 31.2 Å². The summed E-state index contributed by atoms with van der Waals surface area (Å²) >= 11 is 0. The summed E-state index contributed by atoms with van der Waals surface area (Å²) in [5, 5.41) is 11.6. The maximum atomic E-state index is 12.6. The van der Waals surface area contributed by atoms with E-state index in [1.54, 1.807) is 4.90 Å². The van der Waals surface area contributed by atoms with E-state index in [1.165, 1.54) is 17.2 Å². The molecule has 1 aliphatic heterocycles. The molecular weight excluding hydrogens is 422 g/mol. The van der Waals surface area contributed by atoms with Crippen molar-refractivity contribution < 1.29 is 19.5 Å². The lowest BCUT2D eigenvalue weighted by Crippen LogP contribution is -2.52. The predicted octanol–water partition coefficient (Wildman–Crippen LogP) is 2.36. The summed E-state index contributed by atoms with van der Waals surface area (Å²) in [5.41, 5.74) is 3.02. The minimum absolute atomic E-state index is 0.161. The predicted molar refractivity (Wildman–Crippen MR) is 121 cm³/mol. The molecule has 0 aliphatic carbocycles. The van der Waals surface area contributed by atoms with Crippen LogP contribution >= 0.6 is 0 Å². The molecule has 2 N–H and O–H groups in total. The highest BCUT2D eigenvalue weighted by molar-refractivity contribution is 5.95. The zero-order valence-corrected chi connectivity index (χ0v) is 17.8. The Morgan fingerprint density at radius 2 is 1.52 bits per heavy atom. The lowest BCUT2D eigenvalue weighted by molar-refractivity contribution is -0.131. The molecule has 9 nitrogen and oxygen atoms in total. The molecule has 0 spiro atoms. The topological polar surface area (TPSA) is 116 Å². The fraction of sp³-hybridized carbons (Fsp3) is 0.208. The van der Waals surface area contributed by atoms with Gasteiger partial charge in [-0.1, -0.05) is 48.5 Å². The van der Waals surface area contributed by atoms with Gasteiger partial charge in [-0.25, -0.2) is 14.8 Å². The number of carbonyl (C=O) groups excluding carboxylic acids is 2. The largest absolute Gasteiger partial charge is 0.465 e. The van der Waals surface area contributed by atoms with Crippen LogP contribution in [0.4, 0.5) is 4.79 Å². The van der Waals surface area contributed by atoms with E-state index >= 15 is 0 Å². The van der Waals surface area contributed by atoms with Crippen molar-refractivity contribution in [3.05, 3.63) is 72.6 Å². The lowest BCUT2D eigenvalue weighted by Gasteiger charge is -2.33. The van der Waals surface area contributed by atoms with Gasteiger partial charge in [0.2, 0.25) is 5.91 Å². The molecule has 9 heteroatoms. The first-order valence-corrected chi connectivity index (χ1v) is 10.5. The van der Waals surface area contributed by atoms with Crippen LogP contribution in [-0.4, -0.2) is 75.5 Å². The molecule has 0 saturated carbocycles. The second-order valence-corrected chi connectivity index (χ2v) is 7.55. The highest BCUT2D eigenvalue weighted by atomic mass is 16.4. The maximum Gasteiger partial charge on any atom is 0.407 e. The third-order valence-electron chi connectivity index (χ3n) is 5.42. The highest BCUT2D eigenvalue weighted by Crippen LogP contribution is 2.24. The Morgan fingerprint density at radius 1 is 0.848 bits per heavy atom. The average molecular weight is 445 g/mol. The van der Waals surface area contributed by atoms with Gasteiger partial charge < -0.3 is 20.2 Å². The zero-order chi connectivity index (χ0) is 23.2. The SMILES string of the molecule is O=C(NCC(=O)N1CCN(C(=O)O)CC1)c1ccnc(-c2cccc(-c3ccccc3)c2)n1. The van der Waals surface area contributed by atoms with Crippen molar-refractivity contribution in [2.45, 2.75) is 0 Å². The molecule has 2 aromatic carbocycles. The fourth-order valence-electron chi connectivity index (χ4n) is 3.60. The molecule has 0 radical (unpaired) electrons. The van der Waals surface area contributed by atoms with Crippen molar-refractivity contribution in [1.29, 1.82) is 0 Å². The van der Waals surface area contributed by atoms with Gasteiger partial charge >= 0.3 is 6.09 Å². The Labute approximate surface area is 190 Å². The maximum absolute atomic E-state index is 12.6. The van der Waals surface area contributed by atoms with Gasteiger partial charge in [-0.3, -0.25) is 9.59 Å². The van der Waals surface area contributed by atoms with Gasteiger partial charge in [-0.2, -0.15) is 0 Å². The van der Waals surface area contributed by atoms with Crippen molar-refractivity contribution in [3.63, 3.8) is 0 Å². The van der Waals surface area contributed by atoms with Crippen LogP contribution in [-0.2, 0) is 4.79 Å². The number of rotatable bonds is 5. The summed E-state index contributed by atoms with van der Waals surface area (Å²) in [6, 6.07) is 19.2. The van der Waals surface area contributed by atoms with Gasteiger partial charge in [0, 0.05) is 37.9 Å². The molecule has 33 heavy (non-hydrogen) atoms. The minimum Gasteiger partial charge on any atom is -0.465 e. The van der Waals surface area contributed by atoms with Crippen LogP contribution in [0.25, 0.3) is 22.5 Å². The molecule has 3 aromatic rings. The quantitative estimate of drug-likeness (QED) is 0.623. The molecule has 4 rings (SSSR count). The summed E-state index contributed by atoms with van der Waals surface area (Å²) < 4.78 is 0. The zero-order valence-electron chi connectivity index (χ0n) is 17.8. The number of aromatic nitrogens is 2. The second kappa shape index (κ2) is 9.90.